The average molecular weight is 376 g/mol. The molecule has 1 heterocycles. The van der Waals surface area contributed by atoms with E-state index in [0.29, 0.717) is 22.6 Å². The number of nitrogens with zero attached hydrogens (tertiary/aromatic N) is 1. The van der Waals surface area contributed by atoms with E-state index in [1.807, 2.05) is 24.3 Å². The molecular weight excluding hydrogens is 360 g/mol. The maximum absolute atomic E-state index is 12.4. The molecule has 140 valence electrons. The van der Waals surface area contributed by atoms with Crippen LogP contribution in [0.15, 0.2) is 72.8 Å². The summed E-state index contributed by atoms with van der Waals surface area (Å²) in [5, 5.41) is 13.6. The Kier molecular flexibility index (Phi) is 4.63. The zero-order valence-corrected chi connectivity index (χ0v) is 14.7. The van der Waals surface area contributed by atoms with Crippen LogP contribution in [0.3, 0.4) is 0 Å². The minimum absolute atomic E-state index is 0.0288. The van der Waals surface area contributed by atoms with Crippen LogP contribution in [0.25, 0.3) is 0 Å². The number of benzene rings is 3. The smallest absolute Gasteiger partial charge is 0.269 e. The van der Waals surface area contributed by atoms with Crippen LogP contribution in [0.2, 0.25) is 0 Å². The van der Waals surface area contributed by atoms with Crippen LogP contribution in [0.4, 0.5) is 5.69 Å². The molecule has 0 spiro atoms. The van der Waals surface area contributed by atoms with Crippen LogP contribution in [-0.2, 0) is 6.61 Å². The van der Waals surface area contributed by atoms with E-state index < -0.39 is 11.2 Å². The Morgan fingerprint density at radius 1 is 1.00 bits per heavy atom. The summed E-state index contributed by atoms with van der Waals surface area (Å²) < 4.78 is 11.8. The summed E-state index contributed by atoms with van der Waals surface area (Å²) in [5.41, 5.74) is 2.00. The number of para-hydroxylation sites is 2. The number of carbonyl (C=O) groups excluding carboxylic acids is 1. The van der Waals surface area contributed by atoms with Crippen molar-refractivity contribution in [2.24, 2.45) is 0 Å². The zero-order chi connectivity index (χ0) is 19.5. The first kappa shape index (κ1) is 17.5. The van der Waals surface area contributed by atoms with Gasteiger partial charge in [-0.15, -0.1) is 0 Å². The molecule has 3 aromatic carbocycles. The number of hydrogen-bond acceptors (Lipinski definition) is 5. The molecular formula is C21H16N2O5. The maximum atomic E-state index is 12.4. The highest BCUT2D eigenvalue weighted by atomic mass is 16.6. The number of hydrogen-bond donors (Lipinski definition) is 1. The molecule has 7 heteroatoms. The summed E-state index contributed by atoms with van der Waals surface area (Å²) in [7, 11) is 0. The van der Waals surface area contributed by atoms with Gasteiger partial charge in [-0.3, -0.25) is 14.9 Å². The Labute approximate surface area is 160 Å². The average Bonchev–Trinajstić information content (AvgIpc) is 2.73. The second-order valence-corrected chi connectivity index (χ2v) is 6.22. The van der Waals surface area contributed by atoms with Crippen molar-refractivity contribution in [1.29, 1.82) is 0 Å². The fraction of sp³-hybridized carbons (Fsp3) is 0.0952. The fourth-order valence-electron chi connectivity index (χ4n) is 2.96. The normalized spacial score (nSPS) is 15.1. The van der Waals surface area contributed by atoms with Gasteiger partial charge in [0.05, 0.1) is 16.1 Å². The molecule has 0 saturated carbocycles. The van der Waals surface area contributed by atoms with Crippen molar-refractivity contribution in [1.82, 2.24) is 5.32 Å². The summed E-state index contributed by atoms with van der Waals surface area (Å²) in [4.78, 5) is 22.7. The molecule has 1 amide bonds. The van der Waals surface area contributed by atoms with Gasteiger partial charge in [0.1, 0.15) is 18.1 Å². The molecule has 4 rings (SSSR count). The SMILES string of the molecule is O=C1NC(c2ccccc2OCc2ccc([N+](=O)[O-])cc2)Oc2ccccc21. The number of amides is 1. The van der Waals surface area contributed by atoms with E-state index in [0.717, 1.165) is 5.56 Å². The molecule has 3 aromatic rings. The Balaban J connectivity index is 1.53. The van der Waals surface area contributed by atoms with Gasteiger partial charge in [0.25, 0.3) is 11.6 Å². The molecule has 1 N–H and O–H groups in total. The number of nitro groups is 1. The first-order valence-corrected chi connectivity index (χ1v) is 8.63. The molecule has 0 fully saturated rings. The molecule has 0 bridgehead atoms. The molecule has 1 atom stereocenters. The second-order valence-electron chi connectivity index (χ2n) is 6.22. The number of ether oxygens (including phenoxy) is 2. The predicted octanol–water partition coefficient (Wildman–Crippen LogP) is 3.99. The minimum Gasteiger partial charge on any atom is -0.488 e. The van der Waals surface area contributed by atoms with Crippen LogP contribution in [0, 0.1) is 10.1 Å². The third-order valence-corrected chi connectivity index (χ3v) is 4.38. The number of non-ortho nitro benzene ring substituents is 1. The van der Waals surface area contributed by atoms with Crippen molar-refractivity contribution in [3.05, 3.63) is 99.6 Å². The van der Waals surface area contributed by atoms with E-state index in [1.165, 1.54) is 12.1 Å². The van der Waals surface area contributed by atoms with Gasteiger partial charge in [0, 0.05) is 12.1 Å². The fourth-order valence-corrected chi connectivity index (χ4v) is 2.96. The van der Waals surface area contributed by atoms with Gasteiger partial charge >= 0.3 is 0 Å². The third-order valence-electron chi connectivity index (χ3n) is 4.38. The summed E-state index contributed by atoms with van der Waals surface area (Å²) >= 11 is 0. The highest BCUT2D eigenvalue weighted by Gasteiger charge is 2.28. The molecule has 1 aliphatic heterocycles. The van der Waals surface area contributed by atoms with Crippen LogP contribution >= 0.6 is 0 Å². The van der Waals surface area contributed by atoms with Crippen LogP contribution < -0.4 is 14.8 Å². The highest BCUT2D eigenvalue weighted by molar-refractivity contribution is 5.98. The number of nitrogens with one attached hydrogen (secondary N) is 1. The second kappa shape index (κ2) is 7.40. The lowest BCUT2D eigenvalue weighted by molar-refractivity contribution is -0.384. The van der Waals surface area contributed by atoms with Crippen molar-refractivity contribution >= 4 is 11.6 Å². The number of carbonyl (C=O) groups is 1. The molecule has 0 aromatic heterocycles. The van der Waals surface area contributed by atoms with Crippen molar-refractivity contribution in [2.45, 2.75) is 12.8 Å². The van der Waals surface area contributed by atoms with E-state index in [1.54, 1.807) is 36.4 Å². The Hall–Kier alpha value is -3.87. The number of rotatable bonds is 5. The first-order chi connectivity index (χ1) is 13.6. The molecule has 28 heavy (non-hydrogen) atoms. The quantitative estimate of drug-likeness (QED) is 0.537. The van der Waals surface area contributed by atoms with Gasteiger partial charge in [0.2, 0.25) is 6.23 Å². The molecule has 0 saturated heterocycles. The van der Waals surface area contributed by atoms with Gasteiger partial charge in [-0.25, -0.2) is 0 Å². The molecule has 0 aliphatic carbocycles. The lowest BCUT2D eigenvalue weighted by atomic mass is 10.1. The van der Waals surface area contributed by atoms with Crippen molar-refractivity contribution in [3.63, 3.8) is 0 Å². The summed E-state index contributed by atoms with van der Waals surface area (Å²) in [6.45, 7) is 0.228. The van der Waals surface area contributed by atoms with Gasteiger partial charge in [-0.05, 0) is 42.0 Å². The maximum Gasteiger partial charge on any atom is 0.269 e. The third kappa shape index (κ3) is 3.50. The van der Waals surface area contributed by atoms with Crippen LogP contribution in [0.1, 0.15) is 27.7 Å². The Morgan fingerprint density at radius 2 is 1.71 bits per heavy atom. The van der Waals surface area contributed by atoms with Crippen LogP contribution in [0.5, 0.6) is 11.5 Å². The predicted molar refractivity (Wildman–Crippen MR) is 101 cm³/mol. The molecule has 7 nitrogen and oxygen atoms in total. The van der Waals surface area contributed by atoms with Crippen LogP contribution in [-0.4, -0.2) is 10.8 Å². The lowest BCUT2D eigenvalue weighted by Gasteiger charge is -2.28. The van der Waals surface area contributed by atoms with Gasteiger partial charge in [-0.1, -0.05) is 24.3 Å². The molecule has 1 unspecified atom stereocenters. The topological polar surface area (TPSA) is 90.7 Å². The van der Waals surface area contributed by atoms with E-state index in [-0.39, 0.29) is 18.2 Å². The lowest BCUT2D eigenvalue weighted by Crippen LogP contribution is -2.36. The Bertz CT molecular complexity index is 1030. The molecule has 0 radical (unpaired) electrons. The van der Waals surface area contributed by atoms with Gasteiger partial charge < -0.3 is 14.8 Å². The summed E-state index contributed by atoms with van der Waals surface area (Å²) in [6.07, 6.45) is -0.671. The summed E-state index contributed by atoms with van der Waals surface area (Å²) in [6, 6.07) is 20.5. The van der Waals surface area contributed by atoms with E-state index in [2.05, 4.69) is 5.32 Å². The van der Waals surface area contributed by atoms with E-state index in [4.69, 9.17) is 9.47 Å². The van der Waals surface area contributed by atoms with Crippen molar-refractivity contribution in [2.75, 3.05) is 0 Å². The molecule has 1 aliphatic rings. The zero-order valence-electron chi connectivity index (χ0n) is 14.7. The number of nitro benzene ring substituents is 1. The summed E-state index contributed by atoms with van der Waals surface area (Å²) in [5.74, 6) is 0.865. The monoisotopic (exact) mass is 376 g/mol. The van der Waals surface area contributed by atoms with Gasteiger partial charge in [0.15, 0.2) is 0 Å². The Morgan fingerprint density at radius 3 is 2.50 bits per heavy atom. The van der Waals surface area contributed by atoms with E-state index >= 15 is 0 Å². The first-order valence-electron chi connectivity index (χ1n) is 8.63. The van der Waals surface area contributed by atoms with Crippen molar-refractivity contribution in [3.8, 4) is 11.5 Å². The number of fused-ring (bicyclic) bond motifs is 1. The standard InChI is InChI=1S/C21H16N2O5/c24-20-16-5-1-4-8-19(16)28-21(22-20)17-6-2-3-7-18(17)27-13-14-9-11-15(12-10-14)23(25)26/h1-12,21H,13H2,(H,22,24). The van der Waals surface area contributed by atoms with Gasteiger partial charge in [-0.2, -0.15) is 0 Å². The minimum atomic E-state index is -0.671. The largest absolute Gasteiger partial charge is 0.488 e. The van der Waals surface area contributed by atoms with E-state index in [9.17, 15) is 14.9 Å². The van der Waals surface area contributed by atoms with Crippen molar-refractivity contribution < 1.29 is 19.2 Å². The highest BCUT2D eigenvalue weighted by Crippen LogP contribution is 2.33.